The molecule has 0 saturated heterocycles. The van der Waals surface area contributed by atoms with Crippen LogP contribution in [0.3, 0.4) is 0 Å². The van der Waals surface area contributed by atoms with Gasteiger partial charge in [0.25, 0.3) is 0 Å². The minimum Gasteiger partial charge on any atom is -0.481 e. The molecule has 0 aromatic carbocycles. The topological polar surface area (TPSA) is 74.6 Å². The van der Waals surface area contributed by atoms with E-state index in [-0.39, 0.29) is 0 Å². The Morgan fingerprint density at radius 3 is 1.24 bits per heavy atom. The molecule has 0 amide bonds. The number of unbranched alkanes of at least 4 members (excludes halogenated alkanes) is 13. The van der Waals surface area contributed by atoms with Gasteiger partial charge in [-0.3, -0.25) is 9.59 Å². The van der Waals surface area contributed by atoms with Crippen molar-refractivity contribution in [3.8, 4) is 0 Å². The van der Waals surface area contributed by atoms with E-state index in [0.29, 0.717) is 12.8 Å². The maximum absolute atomic E-state index is 10.8. The van der Waals surface area contributed by atoms with E-state index in [4.69, 9.17) is 10.2 Å². The minimum atomic E-state index is -0.663. The van der Waals surface area contributed by atoms with E-state index in [1.807, 2.05) is 0 Å². The molecular formula is C33H62O4. The summed E-state index contributed by atoms with van der Waals surface area (Å²) in [5.74, 6) is 2.22. The van der Waals surface area contributed by atoms with Gasteiger partial charge < -0.3 is 10.2 Å². The zero-order valence-electron chi connectivity index (χ0n) is 24.7. The van der Waals surface area contributed by atoms with Crippen LogP contribution in [0.1, 0.15) is 174 Å². The number of hydrogen-bond donors (Lipinski definition) is 2. The predicted octanol–water partition coefficient (Wildman–Crippen LogP) is 10.4. The molecule has 4 atom stereocenters. The highest BCUT2D eigenvalue weighted by atomic mass is 16.4. The van der Waals surface area contributed by atoms with Crippen molar-refractivity contribution in [3.05, 3.63) is 0 Å². The number of carboxylic acids is 2. The lowest BCUT2D eigenvalue weighted by Gasteiger charge is -2.44. The first-order valence-electron chi connectivity index (χ1n) is 16.4. The average molecular weight is 523 g/mol. The van der Waals surface area contributed by atoms with Crippen LogP contribution in [0.2, 0.25) is 0 Å². The monoisotopic (exact) mass is 522 g/mol. The third-order valence-electron chi connectivity index (χ3n) is 9.13. The second kappa shape index (κ2) is 22.9. The van der Waals surface area contributed by atoms with Crippen LogP contribution in [0.15, 0.2) is 0 Å². The fraction of sp³-hybridized carbons (Fsp3) is 0.939. The van der Waals surface area contributed by atoms with Gasteiger partial charge in [0.05, 0.1) is 0 Å². The summed E-state index contributed by atoms with van der Waals surface area (Å²) in [6.45, 7) is 4.62. The molecule has 0 aliphatic heterocycles. The van der Waals surface area contributed by atoms with Crippen molar-refractivity contribution in [1.82, 2.24) is 0 Å². The minimum absolute atomic E-state index is 0.316. The molecule has 0 bridgehead atoms. The van der Waals surface area contributed by atoms with Crippen molar-refractivity contribution < 1.29 is 19.8 Å². The van der Waals surface area contributed by atoms with Crippen LogP contribution in [0.25, 0.3) is 0 Å². The highest BCUT2D eigenvalue weighted by Crippen LogP contribution is 2.47. The quantitative estimate of drug-likeness (QED) is 0.117. The molecule has 1 fully saturated rings. The van der Waals surface area contributed by atoms with E-state index in [9.17, 15) is 9.59 Å². The highest BCUT2D eigenvalue weighted by Gasteiger charge is 2.37. The third-order valence-corrected chi connectivity index (χ3v) is 9.13. The average Bonchev–Trinajstić information content (AvgIpc) is 2.86. The molecule has 1 aliphatic carbocycles. The maximum Gasteiger partial charge on any atom is 0.303 e. The van der Waals surface area contributed by atoms with Crippen molar-refractivity contribution in [2.45, 2.75) is 174 Å². The van der Waals surface area contributed by atoms with Gasteiger partial charge in [-0.2, -0.15) is 0 Å². The van der Waals surface area contributed by atoms with Crippen LogP contribution in [-0.2, 0) is 9.59 Å². The third kappa shape index (κ3) is 17.2. The largest absolute Gasteiger partial charge is 0.481 e. The van der Waals surface area contributed by atoms with E-state index >= 15 is 0 Å². The van der Waals surface area contributed by atoms with Crippen LogP contribution < -0.4 is 0 Å². The second-order valence-electron chi connectivity index (χ2n) is 12.2. The van der Waals surface area contributed by atoms with Gasteiger partial charge in [0.2, 0.25) is 0 Å². The summed E-state index contributed by atoms with van der Waals surface area (Å²) in [7, 11) is 0. The van der Waals surface area contributed by atoms with Gasteiger partial charge in [-0.1, -0.05) is 123 Å². The van der Waals surface area contributed by atoms with E-state index in [1.54, 1.807) is 0 Å². The van der Waals surface area contributed by atoms with Gasteiger partial charge in [0.1, 0.15) is 0 Å². The van der Waals surface area contributed by atoms with Crippen molar-refractivity contribution in [2.75, 3.05) is 0 Å². The van der Waals surface area contributed by atoms with Gasteiger partial charge >= 0.3 is 11.9 Å². The van der Waals surface area contributed by atoms with Crippen molar-refractivity contribution in [1.29, 1.82) is 0 Å². The first-order chi connectivity index (χ1) is 18.0. The van der Waals surface area contributed by atoms with Crippen molar-refractivity contribution >= 4 is 11.9 Å². The maximum atomic E-state index is 10.8. The fourth-order valence-electron chi connectivity index (χ4n) is 7.03. The zero-order chi connectivity index (χ0) is 27.1. The van der Waals surface area contributed by atoms with Crippen LogP contribution in [-0.4, -0.2) is 22.2 Å². The molecule has 0 aromatic heterocycles. The lowest BCUT2D eigenvalue weighted by molar-refractivity contribution is -0.138. The molecule has 1 saturated carbocycles. The van der Waals surface area contributed by atoms with Crippen molar-refractivity contribution in [2.24, 2.45) is 23.7 Å². The lowest BCUT2D eigenvalue weighted by atomic mass is 9.61. The molecule has 0 spiro atoms. The lowest BCUT2D eigenvalue weighted by Crippen LogP contribution is -2.35. The summed E-state index contributed by atoms with van der Waals surface area (Å²) >= 11 is 0. The van der Waals surface area contributed by atoms with Crippen molar-refractivity contribution in [3.63, 3.8) is 0 Å². The molecule has 4 heteroatoms. The van der Waals surface area contributed by atoms with Crippen LogP contribution in [0, 0.1) is 23.7 Å². The van der Waals surface area contributed by atoms with Gasteiger partial charge in [0.15, 0.2) is 0 Å². The van der Waals surface area contributed by atoms with E-state index in [0.717, 1.165) is 49.4 Å². The van der Waals surface area contributed by atoms with E-state index in [2.05, 4.69) is 13.8 Å². The van der Waals surface area contributed by atoms with Crippen LogP contribution in [0.4, 0.5) is 0 Å². The van der Waals surface area contributed by atoms with Gasteiger partial charge in [-0.25, -0.2) is 0 Å². The number of carbonyl (C=O) groups is 2. The number of carboxylic acid groups (broad SMARTS) is 2. The summed E-state index contributed by atoms with van der Waals surface area (Å²) in [4.78, 5) is 21.6. The first-order valence-corrected chi connectivity index (χ1v) is 16.4. The molecule has 1 aliphatic rings. The normalized spacial score (nSPS) is 21.8. The molecule has 0 radical (unpaired) electrons. The Bertz CT molecular complexity index is 561. The summed E-state index contributed by atoms with van der Waals surface area (Å²) in [5, 5.41) is 17.8. The Morgan fingerprint density at radius 2 is 0.811 bits per heavy atom. The highest BCUT2D eigenvalue weighted by molar-refractivity contribution is 5.66. The first kappa shape index (κ1) is 34.0. The summed E-state index contributed by atoms with van der Waals surface area (Å²) in [6, 6.07) is 0. The Morgan fingerprint density at radius 1 is 0.486 bits per heavy atom. The Labute approximate surface area is 229 Å². The van der Waals surface area contributed by atoms with Gasteiger partial charge in [0, 0.05) is 12.8 Å². The standard InChI is InChI=1S/C33H62O4/c1-3-5-7-9-16-22-30-28(20-14-6-4-2)26-27-29(21-15-12-13-19-25-33(36)37)31(30)23-17-10-8-11-18-24-32(34)35/h28-31H,3-27H2,1-2H3,(H,34,35)(H,36,37). The van der Waals surface area contributed by atoms with Gasteiger partial charge in [-0.05, 0) is 62.2 Å². The number of rotatable bonds is 25. The van der Waals surface area contributed by atoms with E-state index in [1.165, 1.54) is 122 Å². The molecule has 0 heterocycles. The molecule has 4 unspecified atom stereocenters. The summed E-state index contributed by atoms with van der Waals surface area (Å²) in [6.07, 6.45) is 29.9. The van der Waals surface area contributed by atoms with Crippen LogP contribution in [0.5, 0.6) is 0 Å². The molecule has 37 heavy (non-hydrogen) atoms. The number of aliphatic carboxylic acids is 2. The van der Waals surface area contributed by atoms with Crippen LogP contribution >= 0.6 is 0 Å². The SMILES string of the molecule is CCCCCCCC1C(CCCCC)CCC(CCCCCCC(=O)O)C1CCCCCCCC(=O)O. The zero-order valence-corrected chi connectivity index (χ0v) is 24.7. The summed E-state index contributed by atoms with van der Waals surface area (Å²) < 4.78 is 0. The summed E-state index contributed by atoms with van der Waals surface area (Å²) in [5.41, 5.74) is 0. The smallest absolute Gasteiger partial charge is 0.303 e. The fourth-order valence-corrected chi connectivity index (χ4v) is 7.03. The molecule has 218 valence electrons. The predicted molar refractivity (Wildman–Crippen MR) is 156 cm³/mol. The second-order valence-corrected chi connectivity index (χ2v) is 12.2. The Hall–Kier alpha value is -1.06. The molecule has 2 N–H and O–H groups in total. The molecule has 4 nitrogen and oxygen atoms in total. The Kier molecular flexibility index (Phi) is 21.0. The Balaban J connectivity index is 2.70. The van der Waals surface area contributed by atoms with Gasteiger partial charge in [-0.15, -0.1) is 0 Å². The number of hydrogen-bond acceptors (Lipinski definition) is 2. The molecular weight excluding hydrogens is 460 g/mol. The molecule has 1 rings (SSSR count). The molecule has 0 aromatic rings. The van der Waals surface area contributed by atoms with E-state index < -0.39 is 11.9 Å².